The van der Waals surface area contributed by atoms with Gasteiger partial charge < -0.3 is 0 Å². The highest BCUT2D eigenvalue weighted by molar-refractivity contribution is 7.12. The first kappa shape index (κ1) is 15.3. The zero-order valence-corrected chi connectivity index (χ0v) is 12.6. The molecule has 5 heteroatoms. The summed E-state index contributed by atoms with van der Waals surface area (Å²) in [6.45, 7) is 0. The highest BCUT2D eigenvalue weighted by Crippen LogP contribution is 2.31. The molecular formula is C16H11ClN2OS. The van der Waals surface area contributed by atoms with E-state index in [2.05, 4.69) is 0 Å². The summed E-state index contributed by atoms with van der Waals surface area (Å²) < 4.78 is 0. The molecule has 0 radical (unpaired) electrons. The lowest BCUT2D eigenvalue weighted by Crippen LogP contribution is -2.14. The number of benzene rings is 1. The summed E-state index contributed by atoms with van der Waals surface area (Å²) in [7, 11) is 0. The average molecular weight is 315 g/mol. The quantitative estimate of drug-likeness (QED) is 0.767. The summed E-state index contributed by atoms with van der Waals surface area (Å²) in [5, 5.41) is 20.7. The van der Waals surface area contributed by atoms with Crippen LogP contribution < -0.4 is 0 Å². The highest BCUT2D eigenvalue weighted by atomic mass is 35.5. The maximum atomic E-state index is 12.3. The third kappa shape index (κ3) is 3.70. The minimum atomic E-state index is -0.882. The minimum Gasteiger partial charge on any atom is -0.293 e. The normalized spacial score (nSPS) is 11.6. The topological polar surface area (TPSA) is 64.7 Å². The van der Waals surface area contributed by atoms with Gasteiger partial charge in [-0.05, 0) is 29.1 Å². The van der Waals surface area contributed by atoms with Crippen molar-refractivity contribution in [2.75, 3.05) is 0 Å². The molecule has 0 fully saturated rings. The average Bonchev–Trinajstić information content (AvgIpc) is 3.01. The van der Waals surface area contributed by atoms with Crippen LogP contribution in [0.3, 0.4) is 0 Å². The molecule has 2 aromatic rings. The fraction of sp³-hybridized carbons (Fsp3) is 0.188. The van der Waals surface area contributed by atoms with Crippen LogP contribution in [0.1, 0.15) is 27.6 Å². The summed E-state index contributed by atoms with van der Waals surface area (Å²) in [4.78, 5) is 12.9. The fourth-order valence-electron chi connectivity index (χ4n) is 2.11. The van der Waals surface area contributed by atoms with E-state index >= 15 is 0 Å². The van der Waals surface area contributed by atoms with Crippen molar-refractivity contribution in [2.45, 2.75) is 12.3 Å². The van der Waals surface area contributed by atoms with Gasteiger partial charge in [0.05, 0.1) is 17.0 Å². The number of hydrogen-bond donors (Lipinski definition) is 0. The van der Waals surface area contributed by atoms with Gasteiger partial charge >= 0.3 is 0 Å². The zero-order valence-electron chi connectivity index (χ0n) is 11.0. The molecule has 0 saturated heterocycles. The molecular weight excluding hydrogens is 304 g/mol. The predicted octanol–water partition coefficient (Wildman–Crippen LogP) is 4.42. The summed E-state index contributed by atoms with van der Waals surface area (Å²) in [6, 6.07) is 14.5. The van der Waals surface area contributed by atoms with Gasteiger partial charge in [0.15, 0.2) is 5.78 Å². The van der Waals surface area contributed by atoms with Crippen molar-refractivity contribution in [1.29, 1.82) is 10.5 Å². The standard InChI is InChI=1S/C16H11ClN2OS/c17-13-4-1-3-11(7-13)14(12(9-18)10-19)8-15(20)16-5-2-6-21-16/h1-7,12,14H,8H2/t14-/m1/s1. The number of Topliss-reactive ketones (excluding diaryl/α,β-unsaturated/α-hetero) is 1. The number of carbonyl (C=O) groups excluding carboxylic acids is 1. The van der Waals surface area contributed by atoms with E-state index < -0.39 is 11.8 Å². The van der Waals surface area contributed by atoms with Gasteiger partial charge in [-0.2, -0.15) is 10.5 Å². The second-order valence-electron chi connectivity index (χ2n) is 4.50. The molecule has 3 nitrogen and oxygen atoms in total. The monoisotopic (exact) mass is 314 g/mol. The van der Waals surface area contributed by atoms with Crippen LogP contribution in [0.4, 0.5) is 0 Å². The van der Waals surface area contributed by atoms with Crippen molar-refractivity contribution < 1.29 is 4.79 Å². The number of hydrogen-bond acceptors (Lipinski definition) is 4. The van der Waals surface area contributed by atoms with Crippen LogP contribution in [0.25, 0.3) is 0 Å². The van der Waals surface area contributed by atoms with Crippen LogP contribution in [0, 0.1) is 28.6 Å². The summed E-state index contributed by atoms with van der Waals surface area (Å²) in [6.07, 6.45) is 0.118. The van der Waals surface area contributed by atoms with E-state index in [1.807, 2.05) is 17.5 Å². The molecule has 1 aromatic heterocycles. The van der Waals surface area contributed by atoms with Gasteiger partial charge in [-0.3, -0.25) is 4.79 Å². The lowest BCUT2D eigenvalue weighted by Gasteiger charge is -2.17. The van der Waals surface area contributed by atoms with E-state index in [0.717, 1.165) is 5.56 Å². The minimum absolute atomic E-state index is 0.0644. The van der Waals surface area contributed by atoms with Gasteiger partial charge in [-0.25, -0.2) is 0 Å². The number of ketones is 1. The smallest absolute Gasteiger partial charge is 0.173 e. The third-order valence-corrected chi connectivity index (χ3v) is 4.30. The SMILES string of the molecule is N#CC(C#N)[C@H](CC(=O)c1cccs1)c1cccc(Cl)c1. The first-order chi connectivity index (χ1) is 10.2. The van der Waals surface area contributed by atoms with Crippen LogP contribution in [-0.2, 0) is 0 Å². The van der Waals surface area contributed by atoms with Crippen LogP contribution in [0.2, 0.25) is 5.02 Å². The third-order valence-electron chi connectivity index (χ3n) is 3.16. The first-order valence-corrected chi connectivity index (χ1v) is 7.53. The Labute approximate surface area is 132 Å². The van der Waals surface area contributed by atoms with E-state index in [-0.39, 0.29) is 12.2 Å². The van der Waals surface area contributed by atoms with Crippen LogP contribution in [-0.4, -0.2) is 5.78 Å². The van der Waals surface area contributed by atoms with E-state index in [1.54, 1.807) is 36.4 Å². The maximum absolute atomic E-state index is 12.3. The van der Waals surface area contributed by atoms with Crippen molar-refractivity contribution in [1.82, 2.24) is 0 Å². The molecule has 0 aliphatic rings. The van der Waals surface area contributed by atoms with Gasteiger partial charge in [0.25, 0.3) is 0 Å². The number of thiophene rings is 1. The van der Waals surface area contributed by atoms with Crippen molar-refractivity contribution >= 4 is 28.7 Å². The molecule has 21 heavy (non-hydrogen) atoms. The molecule has 0 amide bonds. The van der Waals surface area contributed by atoms with Gasteiger partial charge in [-0.1, -0.05) is 29.8 Å². The van der Waals surface area contributed by atoms with Crippen LogP contribution >= 0.6 is 22.9 Å². The Bertz CT molecular complexity index is 699. The Balaban J connectivity index is 2.31. The zero-order chi connectivity index (χ0) is 15.2. The van der Waals surface area contributed by atoms with E-state index in [9.17, 15) is 4.79 Å². The van der Waals surface area contributed by atoms with E-state index in [4.69, 9.17) is 22.1 Å². The Morgan fingerprint density at radius 1 is 1.24 bits per heavy atom. The summed E-state index contributed by atoms with van der Waals surface area (Å²) in [5.41, 5.74) is 0.737. The Morgan fingerprint density at radius 3 is 2.57 bits per heavy atom. The van der Waals surface area contributed by atoms with Gasteiger partial charge in [0.1, 0.15) is 5.92 Å². The molecule has 104 valence electrons. The molecule has 0 aliphatic carbocycles. The van der Waals surface area contributed by atoms with Crippen molar-refractivity contribution in [3.8, 4) is 12.1 Å². The Kier molecular flexibility index (Phi) is 5.11. The molecule has 0 bridgehead atoms. The second-order valence-corrected chi connectivity index (χ2v) is 5.89. The number of rotatable bonds is 5. The number of nitrogens with zero attached hydrogens (tertiary/aromatic N) is 2. The molecule has 2 rings (SSSR count). The fourth-order valence-corrected chi connectivity index (χ4v) is 2.99. The predicted molar refractivity (Wildman–Crippen MR) is 82.2 cm³/mol. The number of halogens is 1. The van der Waals surface area contributed by atoms with Crippen LogP contribution in [0.5, 0.6) is 0 Å². The molecule has 1 atom stereocenters. The Morgan fingerprint density at radius 2 is 2.00 bits per heavy atom. The molecule has 0 unspecified atom stereocenters. The molecule has 0 spiro atoms. The molecule has 0 aliphatic heterocycles. The van der Waals surface area contributed by atoms with Gasteiger partial charge in [-0.15, -0.1) is 11.3 Å². The molecule has 1 aromatic carbocycles. The van der Waals surface area contributed by atoms with E-state index in [1.165, 1.54) is 11.3 Å². The highest BCUT2D eigenvalue weighted by Gasteiger charge is 2.26. The lowest BCUT2D eigenvalue weighted by molar-refractivity contribution is 0.0975. The Hall–Kier alpha value is -2.14. The number of carbonyl (C=O) groups is 1. The summed E-state index contributed by atoms with van der Waals surface area (Å²) in [5.74, 6) is -1.42. The van der Waals surface area contributed by atoms with E-state index in [0.29, 0.717) is 9.90 Å². The van der Waals surface area contributed by atoms with Crippen molar-refractivity contribution in [3.63, 3.8) is 0 Å². The molecule has 1 heterocycles. The first-order valence-electron chi connectivity index (χ1n) is 6.27. The summed E-state index contributed by atoms with van der Waals surface area (Å²) >= 11 is 7.32. The maximum Gasteiger partial charge on any atom is 0.173 e. The van der Waals surface area contributed by atoms with Gasteiger partial charge in [0.2, 0.25) is 0 Å². The molecule has 0 saturated carbocycles. The lowest BCUT2D eigenvalue weighted by atomic mass is 9.83. The second kappa shape index (κ2) is 7.04. The van der Waals surface area contributed by atoms with Crippen molar-refractivity contribution in [2.24, 2.45) is 5.92 Å². The molecule has 0 N–H and O–H groups in total. The van der Waals surface area contributed by atoms with Gasteiger partial charge in [0, 0.05) is 17.4 Å². The number of nitriles is 2. The largest absolute Gasteiger partial charge is 0.293 e. The van der Waals surface area contributed by atoms with Crippen LogP contribution in [0.15, 0.2) is 41.8 Å². The van der Waals surface area contributed by atoms with Crippen molar-refractivity contribution in [3.05, 3.63) is 57.2 Å².